The molecular formula is C32H31FIrNO2S-. The largest absolute Gasteiger partial charge is 0.512 e. The molecule has 0 saturated heterocycles. The molecule has 1 N–H and O–H groups in total. The van der Waals surface area contributed by atoms with Crippen LogP contribution in [0.5, 0.6) is 0 Å². The summed E-state index contributed by atoms with van der Waals surface area (Å²) in [6.45, 7) is 13.7. The van der Waals surface area contributed by atoms with E-state index >= 15 is 0 Å². The van der Waals surface area contributed by atoms with E-state index in [4.69, 9.17) is 10.1 Å². The van der Waals surface area contributed by atoms with E-state index in [1.807, 2.05) is 42.7 Å². The average molecular weight is 705 g/mol. The third kappa shape index (κ3) is 6.20. The quantitative estimate of drug-likeness (QED) is 0.0864. The second-order valence-corrected chi connectivity index (χ2v) is 11.8. The molecule has 3 aromatic carbocycles. The third-order valence-corrected chi connectivity index (χ3v) is 7.19. The Kier molecular flexibility index (Phi) is 8.93. The van der Waals surface area contributed by atoms with Gasteiger partial charge in [-0.25, -0.2) is 4.39 Å². The van der Waals surface area contributed by atoms with Gasteiger partial charge in [0.2, 0.25) is 0 Å². The van der Waals surface area contributed by atoms with Crippen molar-refractivity contribution in [1.82, 2.24) is 4.98 Å². The van der Waals surface area contributed by atoms with Crippen molar-refractivity contribution in [3.8, 4) is 11.3 Å². The summed E-state index contributed by atoms with van der Waals surface area (Å²) >= 11 is 1.82. The maximum absolute atomic E-state index is 14.5. The fourth-order valence-corrected chi connectivity index (χ4v) is 5.77. The summed E-state index contributed by atoms with van der Waals surface area (Å²) in [7, 11) is 0. The zero-order valence-electron chi connectivity index (χ0n) is 22.6. The van der Waals surface area contributed by atoms with E-state index in [0.717, 1.165) is 38.4 Å². The van der Waals surface area contributed by atoms with Crippen molar-refractivity contribution in [3.05, 3.63) is 88.4 Å². The van der Waals surface area contributed by atoms with Crippen LogP contribution in [0.2, 0.25) is 0 Å². The van der Waals surface area contributed by atoms with Crippen LogP contribution >= 0.6 is 11.3 Å². The number of hydrogen-bond donors (Lipinski definition) is 1. The Balaban J connectivity index is 0.000000444. The zero-order valence-corrected chi connectivity index (χ0v) is 25.8. The van der Waals surface area contributed by atoms with E-state index < -0.39 is 0 Å². The van der Waals surface area contributed by atoms with E-state index in [2.05, 4.69) is 52.0 Å². The molecule has 0 amide bonds. The van der Waals surface area contributed by atoms with Gasteiger partial charge in [0.1, 0.15) is 5.82 Å². The van der Waals surface area contributed by atoms with E-state index in [9.17, 15) is 9.18 Å². The number of carbonyl (C=O) groups is 1. The molecule has 0 unspecified atom stereocenters. The predicted molar refractivity (Wildman–Crippen MR) is 154 cm³/mol. The van der Waals surface area contributed by atoms with Gasteiger partial charge in [-0.15, -0.1) is 23.6 Å². The number of aliphatic hydroxyl groups excluding tert-OH is 1. The van der Waals surface area contributed by atoms with Crippen LogP contribution in [-0.4, -0.2) is 15.9 Å². The average Bonchev–Trinajstić information content (AvgIpc) is 3.16. The number of hydrogen-bond acceptors (Lipinski definition) is 4. The molecule has 3 nitrogen and oxygen atoms in total. The second kappa shape index (κ2) is 11.4. The molecule has 6 heteroatoms. The molecule has 2 heterocycles. The van der Waals surface area contributed by atoms with Crippen LogP contribution < -0.4 is 0 Å². The molecule has 38 heavy (non-hydrogen) atoms. The number of rotatable bonds is 2. The molecule has 2 aromatic heterocycles. The number of benzene rings is 3. The molecular weight excluding hydrogens is 674 g/mol. The van der Waals surface area contributed by atoms with Crippen molar-refractivity contribution in [2.45, 2.75) is 53.9 Å². The Bertz CT molecular complexity index is 1690. The molecule has 0 atom stereocenters. The number of thiophene rings is 1. The Morgan fingerprint density at radius 3 is 2.29 bits per heavy atom. The normalized spacial score (nSPS) is 11.8. The van der Waals surface area contributed by atoms with Gasteiger partial charge < -0.3 is 5.11 Å². The summed E-state index contributed by atoms with van der Waals surface area (Å²) in [5.74, 6) is -0.241. The number of aliphatic hydroxyl groups is 1. The van der Waals surface area contributed by atoms with Crippen LogP contribution in [0.25, 0.3) is 42.9 Å². The zero-order chi connectivity index (χ0) is 27.1. The Hall–Kier alpha value is -2.92. The minimum absolute atomic E-state index is 0. The molecule has 0 bridgehead atoms. The summed E-state index contributed by atoms with van der Waals surface area (Å²) in [4.78, 5) is 16.0. The SMILES string of the molecule is CC(=O)/C=C(/C)O.Cc1cc(F)c2ccc3c(-c4[c-]c5cc(C)sc5c(C(C)(C)C)c4)nccc3c2c1.[Ir]. The fraction of sp³-hybridized carbons (Fsp3) is 0.250. The first-order valence-electron chi connectivity index (χ1n) is 12.2. The summed E-state index contributed by atoms with van der Waals surface area (Å²) in [6, 6.07) is 17.5. The van der Waals surface area contributed by atoms with Crippen molar-refractivity contribution in [1.29, 1.82) is 0 Å². The Morgan fingerprint density at radius 1 is 1.00 bits per heavy atom. The minimum Gasteiger partial charge on any atom is -0.512 e. The van der Waals surface area contributed by atoms with Crippen LogP contribution in [0, 0.1) is 25.7 Å². The molecule has 1 radical (unpaired) electrons. The van der Waals surface area contributed by atoms with Crippen LogP contribution in [-0.2, 0) is 30.3 Å². The van der Waals surface area contributed by atoms with E-state index in [0.29, 0.717) is 5.39 Å². The summed E-state index contributed by atoms with van der Waals surface area (Å²) in [5.41, 5.74) is 4.13. The topological polar surface area (TPSA) is 50.2 Å². The molecule has 0 saturated carbocycles. The molecule has 199 valence electrons. The van der Waals surface area contributed by atoms with Crippen molar-refractivity contribution in [3.63, 3.8) is 0 Å². The maximum Gasteiger partial charge on any atom is 0.155 e. The van der Waals surface area contributed by atoms with Gasteiger partial charge in [0.25, 0.3) is 0 Å². The Morgan fingerprint density at radius 2 is 1.68 bits per heavy atom. The number of aryl methyl sites for hydroxylation is 2. The van der Waals surface area contributed by atoms with Gasteiger partial charge in [-0.05, 0) is 76.5 Å². The van der Waals surface area contributed by atoms with Crippen molar-refractivity contribution < 1.29 is 34.4 Å². The number of aromatic nitrogens is 1. The van der Waals surface area contributed by atoms with E-state index in [1.54, 1.807) is 6.07 Å². The number of ketones is 1. The van der Waals surface area contributed by atoms with Crippen LogP contribution in [0.15, 0.2) is 60.5 Å². The molecule has 0 aliphatic rings. The maximum atomic E-state index is 14.5. The smallest absolute Gasteiger partial charge is 0.155 e. The fourth-order valence-electron chi connectivity index (χ4n) is 4.58. The van der Waals surface area contributed by atoms with Gasteiger partial charge in [0, 0.05) is 43.5 Å². The van der Waals surface area contributed by atoms with Gasteiger partial charge in [0.05, 0.1) is 5.76 Å². The van der Waals surface area contributed by atoms with Crippen LogP contribution in [0.1, 0.15) is 50.6 Å². The van der Waals surface area contributed by atoms with Gasteiger partial charge in [0.15, 0.2) is 5.78 Å². The van der Waals surface area contributed by atoms with Gasteiger partial charge >= 0.3 is 0 Å². The standard InChI is InChI=1S/C27H23FNS.C5H8O2.Ir/c1-15-10-22-19-8-9-29-25(21(19)7-6-20(22)24(28)11-15)17-13-18-12-16(2)30-26(18)23(14-17)27(3,4)5;1-4(6)3-5(2)7;/h6-12,14H,1-5H3;3,6H,1-2H3;/q-1;;/b;4-3-;. The molecule has 5 rings (SSSR count). The molecule has 0 spiro atoms. The third-order valence-electron chi connectivity index (χ3n) is 6.10. The summed E-state index contributed by atoms with van der Waals surface area (Å²) < 4.78 is 15.8. The molecule has 0 aliphatic heterocycles. The second-order valence-electron chi connectivity index (χ2n) is 10.5. The van der Waals surface area contributed by atoms with E-state index in [1.165, 1.54) is 35.1 Å². The van der Waals surface area contributed by atoms with Crippen molar-refractivity contribution >= 4 is 48.8 Å². The number of pyridine rings is 1. The molecule has 0 fully saturated rings. The van der Waals surface area contributed by atoms with Crippen LogP contribution in [0.3, 0.4) is 0 Å². The molecule has 5 aromatic rings. The van der Waals surface area contributed by atoms with Gasteiger partial charge in [-0.2, -0.15) is 11.3 Å². The number of nitrogens with zero attached hydrogens (tertiary/aromatic N) is 1. The number of halogens is 1. The van der Waals surface area contributed by atoms with Crippen molar-refractivity contribution in [2.24, 2.45) is 0 Å². The molecule has 0 aliphatic carbocycles. The summed E-state index contributed by atoms with van der Waals surface area (Å²) in [5, 5.41) is 13.1. The van der Waals surface area contributed by atoms with E-state index in [-0.39, 0.29) is 42.9 Å². The monoisotopic (exact) mass is 705 g/mol. The van der Waals surface area contributed by atoms with Crippen molar-refractivity contribution in [2.75, 3.05) is 0 Å². The number of allylic oxidation sites excluding steroid dienone is 2. The first kappa shape index (κ1) is 29.6. The Labute approximate surface area is 240 Å². The predicted octanol–water partition coefficient (Wildman–Crippen LogP) is 9.16. The van der Waals surface area contributed by atoms with Gasteiger partial charge in [-0.3, -0.25) is 9.78 Å². The first-order chi connectivity index (χ1) is 17.3. The first-order valence-corrected chi connectivity index (χ1v) is 13.0. The minimum atomic E-state index is -0.179. The number of carbonyl (C=O) groups excluding carboxylic acids is 1. The van der Waals surface area contributed by atoms with Crippen LogP contribution in [0.4, 0.5) is 4.39 Å². The van der Waals surface area contributed by atoms with Gasteiger partial charge in [-0.1, -0.05) is 50.1 Å². The number of fused-ring (bicyclic) bond motifs is 4. The summed E-state index contributed by atoms with van der Waals surface area (Å²) in [6.07, 6.45) is 2.99.